The molecule has 2 nitrogen and oxygen atoms in total. The fourth-order valence-electron chi connectivity index (χ4n) is 2.63. The summed E-state index contributed by atoms with van der Waals surface area (Å²) in [5.41, 5.74) is 4.57. The molecular weight excluding hydrogens is 326 g/mol. The van der Waals surface area contributed by atoms with Crippen LogP contribution >= 0.6 is 15.9 Å². The SMILES string of the molecule is Cc1cc(C)cc(NC(C)c2cc3cc(Br)ccc3o2)c1. The average Bonchev–Trinajstić information content (AvgIpc) is 2.80. The van der Waals surface area contributed by atoms with E-state index in [0.717, 1.165) is 26.9 Å². The molecule has 1 aromatic heterocycles. The third kappa shape index (κ3) is 3.13. The van der Waals surface area contributed by atoms with Crippen LogP contribution in [0, 0.1) is 13.8 Å². The Kier molecular flexibility index (Phi) is 3.77. The van der Waals surface area contributed by atoms with E-state index < -0.39 is 0 Å². The van der Waals surface area contributed by atoms with Crippen molar-refractivity contribution >= 4 is 32.6 Å². The molecule has 0 saturated heterocycles. The minimum Gasteiger partial charge on any atom is -0.459 e. The van der Waals surface area contributed by atoms with Gasteiger partial charge in [0.1, 0.15) is 11.3 Å². The molecule has 2 aromatic carbocycles. The van der Waals surface area contributed by atoms with Crippen molar-refractivity contribution in [2.24, 2.45) is 0 Å². The number of hydrogen-bond acceptors (Lipinski definition) is 2. The Labute approximate surface area is 133 Å². The van der Waals surface area contributed by atoms with Gasteiger partial charge >= 0.3 is 0 Å². The number of nitrogens with one attached hydrogen (secondary N) is 1. The van der Waals surface area contributed by atoms with Crippen LogP contribution in [0.1, 0.15) is 29.9 Å². The lowest BCUT2D eigenvalue weighted by molar-refractivity contribution is 0.526. The lowest BCUT2D eigenvalue weighted by Gasteiger charge is -2.14. The molecule has 0 aliphatic carbocycles. The Hall–Kier alpha value is -1.74. The Morgan fingerprint density at radius 3 is 2.43 bits per heavy atom. The first-order valence-corrected chi connectivity index (χ1v) is 7.84. The Morgan fingerprint density at radius 2 is 1.71 bits per heavy atom. The highest BCUT2D eigenvalue weighted by Gasteiger charge is 2.12. The minimum absolute atomic E-state index is 0.123. The van der Waals surface area contributed by atoms with E-state index in [4.69, 9.17) is 4.42 Å². The number of benzene rings is 2. The highest BCUT2D eigenvalue weighted by atomic mass is 79.9. The second-order valence-corrected chi connectivity index (χ2v) is 6.49. The van der Waals surface area contributed by atoms with Crippen molar-refractivity contribution in [1.82, 2.24) is 0 Å². The highest BCUT2D eigenvalue weighted by Crippen LogP contribution is 2.28. The summed E-state index contributed by atoms with van der Waals surface area (Å²) in [5.74, 6) is 0.947. The predicted octanol–water partition coefficient (Wildman–Crippen LogP) is 5.99. The zero-order valence-electron chi connectivity index (χ0n) is 12.4. The van der Waals surface area contributed by atoms with Crippen molar-refractivity contribution in [3.05, 3.63) is 63.8 Å². The molecule has 0 saturated carbocycles. The van der Waals surface area contributed by atoms with Gasteiger partial charge in [-0.15, -0.1) is 0 Å². The van der Waals surface area contributed by atoms with Crippen LogP contribution in [0.15, 0.2) is 51.4 Å². The second kappa shape index (κ2) is 5.57. The van der Waals surface area contributed by atoms with E-state index in [1.54, 1.807) is 0 Å². The lowest BCUT2D eigenvalue weighted by atomic mass is 10.1. The van der Waals surface area contributed by atoms with Gasteiger partial charge in [0, 0.05) is 15.5 Å². The molecule has 0 aliphatic rings. The zero-order chi connectivity index (χ0) is 15.0. The number of furan rings is 1. The van der Waals surface area contributed by atoms with Crippen molar-refractivity contribution < 1.29 is 4.42 Å². The van der Waals surface area contributed by atoms with Gasteiger partial charge in [-0.2, -0.15) is 0 Å². The summed E-state index contributed by atoms with van der Waals surface area (Å²) in [6.45, 7) is 6.34. The van der Waals surface area contributed by atoms with Crippen LogP contribution in [0.2, 0.25) is 0 Å². The molecule has 1 N–H and O–H groups in total. The van der Waals surface area contributed by atoms with Crippen LogP contribution in [-0.4, -0.2) is 0 Å². The summed E-state index contributed by atoms with van der Waals surface area (Å²) in [5, 5.41) is 4.63. The summed E-state index contributed by atoms with van der Waals surface area (Å²) in [6.07, 6.45) is 0. The normalized spacial score (nSPS) is 12.6. The molecule has 0 radical (unpaired) electrons. The Balaban J connectivity index is 1.87. The van der Waals surface area contributed by atoms with Crippen LogP contribution in [0.25, 0.3) is 11.0 Å². The lowest BCUT2D eigenvalue weighted by Crippen LogP contribution is -2.05. The van der Waals surface area contributed by atoms with E-state index in [2.05, 4.69) is 72.3 Å². The van der Waals surface area contributed by atoms with E-state index in [-0.39, 0.29) is 6.04 Å². The molecule has 3 heteroatoms. The molecule has 1 heterocycles. The minimum atomic E-state index is 0.123. The Bertz CT molecular complexity index is 771. The first kappa shape index (κ1) is 14.2. The van der Waals surface area contributed by atoms with Gasteiger partial charge in [-0.05, 0) is 68.3 Å². The molecular formula is C18H18BrNO. The van der Waals surface area contributed by atoms with Crippen molar-refractivity contribution in [3.8, 4) is 0 Å². The maximum atomic E-state index is 5.93. The van der Waals surface area contributed by atoms with Gasteiger partial charge in [-0.3, -0.25) is 0 Å². The molecule has 1 unspecified atom stereocenters. The topological polar surface area (TPSA) is 25.2 Å². The maximum absolute atomic E-state index is 5.93. The van der Waals surface area contributed by atoms with Gasteiger partial charge in [0.05, 0.1) is 6.04 Å². The number of aryl methyl sites for hydroxylation is 2. The van der Waals surface area contributed by atoms with E-state index in [1.165, 1.54) is 11.1 Å². The van der Waals surface area contributed by atoms with Crippen LogP contribution < -0.4 is 5.32 Å². The molecule has 0 aliphatic heterocycles. The van der Waals surface area contributed by atoms with Crippen molar-refractivity contribution in [2.75, 3.05) is 5.32 Å². The summed E-state index contributed by atoms with van der Waals surface area (Å²) < 4.78 is 7.00. The fraction of sp³-hybridized carbons (Fsp3) is 0.222. The Morgan fingerprint density at radius 1 is 1.00 bits per heavy atom. The van der Waals surface area contributed by atoms with E-state index in [1.807, 2.05) is 12.1 Å². The molecule has 0 spiro atoms. The van der Waals surface area contributed by atoms with Gasteiger partial charge in [0.2, 0.25) is 0 Å². The smallest absolute Gasteiger partial charge is 0.134 e. The number of anilines is 1. The van der Waals surface area contributed by atoms with Gasteiger partial charge < -0.3 is 9.73 Å². The quantitative estimate of drug-likeness (QED) is 0.632. The molecule has 1 atom stereocenters. The third-order valence-electron chi connectivity index (χ3n) is 3.53. The summed E-state index contributed by atoms with van der Waals surface area (Å²) in [6, 6.07) is 14.8. The summed E-state index contributed by atoms with van der Waals surface area (Å²) in [4.78, 5) is 0. The number of rotatable bonds is 3. The maximum Gasteiger partial charge on any atom is 0.134 e. The van der Waals surface area contributed by atoms with Gasteiger partial charge in [0.25, 0.3) is 0 Å². The van der Waals surface area contributed by atoms with Crippen molar-refractivity contribution in [2.45, 2.75) is 26.8 Å². The fourth-order valence-corrected chi connectivity index (χ4v) is 3.01. The van der Waals surface area contributed by atoms with Crippen LogP contribution in [0.5, 0.6) is 0 Å². The van der Waals surface area contributed by atoms with Gasteiger partial charge in [-0.1, -0.05) is 22.0 Å². The molecule has 3 aromatic rings. The summed E-state index contributed by atoms with van der Waals surface area (Å²) in [7, 11) is 0. The van der Waals surface area contributed by atoms with Crippen molar-refractivity contribution in [3.63, 3.8) is 0 Å². The molecule has 0 fully saturated rings. The van der Waals surface area contributed by atoms with Crippen LogP contribution in [0.3, 0.4) is 0 Å². The standard InChI is InChI=1S/C18H18BrNO/c1-11-6-12(2)8-16(7-11)20-13(3)18-10-14-9-15(19)4-5-17(14)21-18/h4-10,13,20H,1-3H3. The number of fused-ring (bicyclic) bond motifs is 1. The third-order valence-corrected chi connectivity index (χ3v) is 4.02. The average molecular weight is 344 g/mol. The van der Waals surface area contributed by atoms with Crippen LogP contribution in [-0.2, 0) is 0 Å². The number of halogens is 1. The van der Waals surface area contributed by atoms with E-state index in [9.17, 15) is 0 Å². The van der Waals surface area contributed by atoms with Crippen LogP contribution in [0.4, 0.5) is 5.69 Å². The van der Waals surface area contributed by atoms with Crippen molar-refractivity contribution in [1.29, 1.82) is 0 Å². The predicted molar refractivity (Wildman–Crippen MR) is 91.9 cm³/mol. The second-order valence-electron chi connectivity index (χ2n) is 5.57. The zero-order valence-corrected chi connectivity index (χ0v) is 14.0. The first-order valence-electron chi connectivity index (χ1n) is 7.05. The molecule has 108 valence electrons. The van der Waals surface area contributed by atoms with Gasteiger partial charge in [0.15, 0.2) is 0 Å². The van der Waals surface area contributed by atoms with E-state index >= 15 is 0 Å². The highest BCUT2D eigenvalue weighted by molar-refractivity contribution is 9.10. The summed E-state index contributed by atoms with van der Waals surface area (Å²) >= 11 is 3.49. The molecule has 0 amide bonds. The molecule has 0 bridgehead atoms. The largest absolute Gasteiger partial charge is 0.459 e. The molecule has 3 rings (SSSR count). The molecule has 21 heavy (non-hydrogen) atoms. The van der Waals surface area contributed by atoms with Gasteiger partial charge in [-0.25, -0.2) is 0 Å². The number of hydrogen-bond donors (Lipinski definition) is 1. The monoisotopic (exact) mass is 343 g/mol. The van der Waals surface area contributed by atoms with E-state index in [0.29, 0.717) is 0 Å². The first-order chi connectivity index (χ1) is 10.0.